The number of piperidine rings is 1. The zero-order valence-corrected chi connectivity index (χ0v) is 19.2. The molecule has 5 rings (SSSR count). The van der Waals surface area contributed by atoms with E-state index in [1.54, 1.807) is 30.3 Å². The van der Waals surface area contributed by atoms with E-state index in [0.717, 1.165) is 18.1 Å². The Bertz CT molecular complexity index is 1370. The van der Waals surface area contributed by atoms with Crippen LogP contribution in [0, 0.1) is 0 Å². The fourth-order valence-corrected chi connectivity index (χ4v) is 6.83. The summed E-state index contributed by atoms with van der Waals surface area (Å²) in [4.78, 5) is 12.7. The van der Waals surface area contributed by atoms with Gasteiger partial charge in [0.25, 0.3) is 5.91 Å². The normalized spacial score (nSPS) is 17.4. The minimum atomic E-state index is -3.74. The number of hydrogen-bond acceptors (Lipinski definition) is 9. The fraction of sp³-hybridized carbons (Fsp3) is 0.250. The van der Waals surface area contributed by atoms with Gasteiger partial charge in [0.1, 0.15) is 20.9 Å². The average molecular weight is 487 g/mol. The summed E-state index contributed by atoms with van der Waals surface area (Å²) >= 11 is 2.20. The molecule has 1 amide bonds. The molecule has 3 heterocycles. The van der Waals surface area contributed by atoms with Gasteiger partial charge in [0.05, 0.1) is 11.7 Å². The van der Waals surface area contributed by atoms with Crippen LogP contribution in [0.4, 0.5) is 5.69 Å². The third-order valence-electron chi connectivity index (χ3n) is 5.27. The predicted molar refractivity (Wildman–Crippen MR) is 122 cm³/mol. The molecule has 1 fully saturated rings. The maximum Gasteiger partial charge on any atom is 0.286 e. The number of benzene rings is 2. The molecule has 2 aromatic carbocycles. The molecule has 1 aliphatic heterocycles. The van der Waals surface area contributed by atoms with Crippen LogP contribution in [0.15, 0.2) is 53.4 Å². The molecular formula is C20H18N6O3S3. The molecule has 4 aromatic rings. The van der Waals surface area contributed by atoms with E-state index in [9.17, 15) is 13.2 Å². The molecule has 0 bridgehead atoms. The number of nitrogens with one attached hydrogen (secondary N) is 1. The summed E-state index contributed by atoms with van der Waals surface area (Å²) < 4.78 is 36.5. The Labute approximate surface area is 192 Å². The fourth-order valence-electron chi connectivity index (χ4n) is 3.69. The molecule has 0 saturated carbocycles. The number of carbonyl (C=O) groups is 1. The van der Waals surface area contributed by atoms with Crippen molar-refractivity contribution in [3.8, 4) is 0 Å². The lowest BCUT2D eigenvalue weighted by Crippen LogP contribution is -2.39. The number of para-hydroxylation sites is 1. The van der Waals surface area contributed by atoms with Crippen LogP contribution in [-0.2, 0) is 10.0 Å². The predicted octanol–water partition coefficient (Wildman–Crippen LogP) is 3.36. The molecule has 1 aliphatic rings. The topological polar surface area (TPSA) is 118 Å². The summed E-state index contributed by atoms with van der Waals surface area (Å²) in [5.41, 5.74) is 1.65. The number of aromatic nitrogens is 4. The molecular weight excluding hydrogens is 468 g/mol. The first-order valence-corrected chi connectivity index (χ1v) is 12.9. The first-order chi connectivity index (χ1) is 15.5. The maximum atomic E-state index is 13.4. The molecule has 32 heavy (non-hydrogen) atoms. The van der Waals surface area contributed by atoms with Gasteiger partial charge >= 0.3 is 0 Å². The summed E-state index contributed by atoms with van der Waals surface area (Å²) in [6.45, 7) is 0.707. The number of hydrogen-bond donors (Lipinski definition) is 1. The van der Waals surface area contributed by atoms with Gasteiger partial charge in [0.2, 0.25) is 15.0 Å². The van der Waals surface area contributed by atoms with E-state index in [1.807, 2.05) is 18.2 Å². The van der Waals surface area contributed by atoms with Crippen LogP contribution in [0.3, 0.4) is 0 Å². The molecule has 12 heteroatoms. The summed E-state index contributed by atoms with van der Waals surface area (Å²) in [5, 5.41) is 11.9. The lowest BCUT2D eigenvalue weighted by molar-refractivity contribution is 0.102. The molecule has 0 aliphatic carbocycles. The minimum Gasteiger partial charge on any atom is -0.320 e. The number of rotatable bonds is 5. The SMILES string of the molecule is O=C(Nc1ccccc1)c1nnc(C2CCCN(S(=O)(=O)c3cccc4nsnc34)C2)s1. The smallest absolute Gasteiger partial charge is 0.286 e. The summed E-state index contributed by atoms with van der Waals surface area (Å²) in [7, 11) is -3.74. The summed E-state index contributed by atoms with van der Waals surface area (Å²) in [6, 6.07) is 14.1. The van der Waals surface area contributed by atoms with Crippen molar-refractivity contribution in [1.29, 1.82) is 0 Å². The van der Waals surface area contributed by atoms with Crippen molar-refractivity contribution >= 4 is 55.7 Å². The van der Waals surface area contributed by atoms with Crippen LogP contribution in [0.5, 0.6) is 0 Å². The van der Waals surface area contributed by atoms with E-state index < -0.39 is 10.0 Å². The second-order valence-corrected chi connectivity index (χ2v) is 10.8. The Kier molecular flexibility index (Phi) is 5.67. The summed E-state index contributed by atoms with van der Waals surface area (Å²) in [6.07, 6.45) is 1.48. The van der Waals surface area contributed by atoms with Gasteiger partial charge in [-0.1, -0.05) is 35.6 Å². The summed E-state index contributed by atoms with van der Waals surface area (Å²) in [5.74, 6) is -0.454. The third kappa shape index (κ3) is 4.01. The van der Waals surface area contributed by atoms with E-state index in [4.69, 9.17) is 0 Å². The molecule has 164 valence electrons. The second-order valence-electron chi connectivity index (χ2n) is 7.36. The van der Waals surface area contributed by atoms with Crippen LogP contribution < -0.4 is 5.32 Å². The van der Waals surface area contributed by atoms with Crippen LogP contribution in [-0.4, -0.2) is 50.7 Å². The highest BCUT2D eigenvalue weighted by molar-refractivity contribution is 7.89. The van der Waals surface area contributed by atoms with Gasteiger partial charge in [0.15, 0.2) is 0 Å². The van der Waals surface area contributed by atoms with Crippen molar-refractivity contribution in [3.63, 3.8) is 0 Å². The Hall–Kier alpha value is -2.80. The minimum absolute atomic E-state index is 0.123. The van der Waals surface area contributed by atoms with Crippen LogP contribution in [0.25, 0.3) is 11.0 Å². The van der Waals surface area contributed by atoms with Gasteiger partial charge in [-0.3, -0.25) is 4.79 Å². The molecule has 9 nitrogen and oxygen atoms in total. The third-order valence-corrected chi connectivity index (χ3v) is 8.79. The van der Waals surface area contributed by atoms with Crippen molar-refractivity contribution in [1.82, 2.24) is 23.2 Å². The number of nitrogens with zero attached hydrogens (tertiary/aromatic N) is 5. The van der Waals surface area contributed by atoms with Crippen molar-refractivity contribution in [2.75, 3.05) is 18.4 Å². The van der Waals surface area contributed by atoms with Gasteiger partial charge < -0.3 is 5.32 Å². The Morgan fingerprint density at radius 3 is 2.75 bits per heavy atom. The van der Waals surface area contributed by atoms with E-state index in [1.165, 1.54) is 15.6 Å². The number of amides is 1. The van der Waals surface area contributed by atoms with Gasteiger partial charge in [-0.05, 0) is 37.1 Å². The molecule has 1 N–H and O–H groups in total. The zero-order chi connectivity index (χ0) is 22.1. The van der Waals surface area contributed by atoms with Crippen molar-refractivity contribution in [2.24, 2.45) is 0 Å². The lowest BCUT2D eigenvalue weighted by atomic mass is 10.0. The number of sulfonamides is 1. The van der Waals surface area contributed by atoms with E-state index in [-0.39, 0.29) is 28.3 Å². The quantitative estimate of drug-likeness (QED) is 0.459. The first kappa shape index (κ1) is 21.1. The number of carbonyl (C=O) groups excluding carboxylic acids is 1. The Morgan fingerprint density at radius 2 is 1.91 bits per heavy atom. The van der Waals surface area contributed by atoms with Gasteiger partial charge in [-0.25, -0.2) is 8.42 Å². The molecule has 1 unspecified atom stereocenters. The Balaban J connectivity index is 1.34. The molecule has 0 spiro atoms. The maximum absolute atomic E-state index is 13.4. The number of anilines is 1. The van der Waals surface area contributed by atoms with Crippen molar-refractivity contribution in [2.45, 2.75) is 23.7 Å². The standard InChI is InChI=1S/C20H18N6O3S3/c27-18(21-14-7-2-1-3-8-14)20-23-22-19(30-20)13-6-5-11-26(12-13)32(28,29)16-10-4-9-15-17(16)25-31-24-15/h1-4,7-10,13H,5-6,11-12H2,(H,21,27). The second kappa shape index (κ2) is 8.62. The average Bonchev–Trinajstić information content (AvgIpc) is 3.49. The lowest BCUT2D eigenvalue weighted by Gasteiger charge is -2.30. The molecule has 0 radical (unpaired) electrons. The van der Waals surface area contributed by atoms with Crippen molar-refractivity contribution in [3.05, 3.63) is 58.5 Å². The highest BCUT2D eigenvalue weighted by Crippen LogP contribution is 2.33. The van der Waals surface area contributed by atoms with E-state index in [0.29, 0.717) is 34.7 Å². The zero-order valence-electron chi connectivity index (χ0n) is 16.7. The van der Waals surface area contributed by atoms with Gasteiger partial charge in [0, 0.05) is 24.7 Å². The molecule has 1 atom stereocenters. The number of fused-ring (bicyclic) bond motifs is 1. The van der Waals surface area contributed by atoms with Crippen molar-refractivity contribution < 1.29 is 13.2 Å². The monoisotopic (exact) mass is 486 g/mol. The van der Waals surface area contributed by atoms with E-state index >= 15 is 0 Å². The van der Waals surface area contributed by atoms with Crippen LogP contribution in [0.2, 0.25) is 0 Å². The van der Waals surface area contributed by atoms with Gasteiger partial charge in [-0.2, -0.15) is 13.1 Å². The first-order valence-electron chi connectivity index (χ1n) is 9.93. The van der Waals surface area contributed by atoms with E-state index in [2.05, 4.69) is 24.3 Å². The van der Waals surface area contributed by atoms with Crippen LogP contribution in [0.1, 0.15) is 33.6 Å². The van der Waals surface area contributed by atoms with Crippen LogP contribution >= 0.6 is 23.1 Å². The highest BCUT2D eigenvalue weighted by atomic mass is 32.2. The largest absolute Gasteiger partial charge is 0.320 e. The highest BCUT2D eigenvalue weighted by Gasteiger charge is 2.34. The molecule has 1 saturated heterocycles. The molecule has 2 aromatic heterocycles. The van der Waals surface area contributed by atoms with Gasteiger partial charge in [-0.15, -0.1) is 10.2 Å². The Morgan fingerprint density at radius 1 is 1.06 bits per heavy atom.